The molecule has 0 N–H and O–H groups in total. The number of hydrogen-bond donors (Lipinski definition) is 0. The van der Waals surface area contributed by atoms with Crippen molar-refractivity contribution in [2.24, 2.45) is 0 Å². The first kappa shape index (κ1) is 16.1. The van der Waals surface area contributed by atoms with Crippen molar-refractivity contribution in [1.82, 2.24) is 19.9 Å². The van der Waals surface area contributed by atoms with Crippen LogP contribution in [0.15, 0.2) is 48.9 Å². The van der Waals surface area contributed by atoms with E-state index in [0.717, 1.165) is 0 Å². The molecule has 0 bridgehead atoms. The Kier molecular flexibility index (Phi) is 4.30. The van der Waals surface area contributed by atoms with Crippen molar-refractivity contribution in [1.29, 1.82) is 0 Å². The summed E-state index contributed by atoms with van der Waals surface area (Å²) in [7, 11) is 0. The third-order valence-electron chi connectivity index (χ3n) is 2.85. The summed E-state index contributed by atoms with van der Waals surface area (Å²) in [6, 6.07) is 6.81. The van der Waals surface area contributed by atoms with Gasteiger partial charge in [0.05, 0.1) is 0 Å². The second kappa shape index (κ2) is 6.40. The summed E-state index contributed by atoms with van der Waals surface area (Å²) in [5.41, 5.74) is -0.808. The van der Waals surface area contributed by atoms with Gasteiger partial charge in [-0.25, -0.2) is 9.97 Å². The number of alkyl halides is 3. The lowest BCUT2D eigenvalue weighted by molar-refractivity contribution is -0.141. The van der Waals surface area contributed by atoms with Gasteiger partial charge in [0.1, 0.15) is 0 Å². The molecule has 0 saturated carbocycles. The van der Waals surface area contributed by atoms with E-state index in [9.17, 15) is 13.2 Å². The fourth-order valence-corrected chi connectivity index (χ4v) is 1.96. The van der Waals surface area contributed by atoms with Gasteiger partial charge < -0.3 is 4.74 Å². The van der Waals surface area contributed by atoms with E-state index >= 15 is 0 Å². The predicted molar refractivity (Wildman–Crippen MR) is 79.6 cm³/mol. The highest BCUT2D eigenvalue weighted by molar-refractivity contribution is 6.30. The number of ether oxygens (including phenoxy) is 1. The molecule has 0 fully saturated rings. The maximum absolute atomic E-state index is 13.1. The van der Waals surface area contributed by atoms with Crippen molar-refractivity contribution in [2.75, 3.05) is 0 Å². The lowest BCUT2D eigenvalue weighted by atomic mass is 10.2. The molecule has 0 atom stereocenters. The first-order chi connectivity index (χ1) is 11.4. The van der Waals surface area contributed by atoms with Crippen molar-refractivity contribution in [2.45, 2.75) is 6.18 Å². The molecule has 0 radical (unpaired) electrons. The lowest BCUT2D eigenvalue weighted by Crippen LogP contribution is -2.10. The molecule has 0 aliphatic heterocycles. The zero-order chi connectivity index (χ0) is 17.2. The fraction of sp³-hybridized carbons (Fsp3) is 0.0667. The summed E-state index contributed by atoms with van der Waals surface area (Å²) in [4.78, 5) is 15.2. The molecule has 0 unspecified atom stereocenters. The van der Waals surface area contributed by atoms with Gasteiger partial charge in [0.2, 0.25) is 5.88 Å². The Labute approximate surface area is 139 Å². The Morgan fingerprint density at radius 3 is 2.50 bits per heavy atom. The molecule has 0 aliphatic rings. The first-order valence-electron chi connectivity index (χ1n) is 6.58. The molecule has 9 heteroatoms. The minimum atomic E-state index is -4.66. The lowest BCUT2D eigenvalue weighted by Gasteiger charge is -2.11. The van der Waals surface area contributed by atoms with Crippen molar-refractivity contribution in [3.63, 3.8) is 0 Å². The van der Waals surface area contributed by atoms with Crippen LogP contribution in [0.5, 0.6) is 11.6 Å². The molecule has 0 amide bonds. The van der Waals surface area contributed by atoms with E-state index < -0.39 is 11.9 Å². The van der Waals surface area contributed by atoms with Gasteiger partial charge in [-0.3, -0.25) is 4.98 Å². The number of halogens is 4. The normalized spacial score (nSPS) is 11.3. The van der Waals surface area contributed by atoms with Gasteiger partial charge in [-0.2, -0.15) is 18.2 Å². The van der Waals surface area contributed by atoms with Gasteiger partial charge in [0.25, 0.3) is 0 Å². The quantitative estimate of drug-likeness (QED) is 0.654. The zero-order valence-electron chi connectivity index (χ0n) is 11.8. The van der Waals surface area contributed by atoms with Crippen LogP contribution in [-0.2, 0) is 6.18 Å². The van der Waals surface area contributed by atoms with Gasteiger partial charge in [0, 0.05) is 30.2 Å². The maximum atomic E-state index is 13.1. The van der Waals surface area contributed by atoms with Crippen molar-refractivity contribution < 1.29 is 17.9 Å². The third kappa shape index (κ3) is 3.60. The van der Waals surface area contributed by atoms with E-state index in [1.807, 2.05) is 0 Å². The highest BCUT2D eigenvalue weighted by atomic mass is 35.5. The minimum absolute atomic E-state index is 0.00704. The highest BCUT2D eigenvalue weighted by Gasteiger charge is 2.34. The van der Waals surface area contributed by atoms with Crippen molar-refractivity contribution in [3.05, 3.63) is 59.8 Å². The molecule has 3 rings (SSSR count). The molecule has 3 aromatic heterocycles. The second-order valence-electron chi connectivity index (χ2n) is 4.55. The molecule has 3 aromatic rings. The van der Waals surface area contributed by atoms with E-state index in [-0.39, 0.29) is 22.6 Å². The van der Waals surface area contributed by atoms with Crippen LogP contribution >= 0.6 is 11.6 Å². The van der Waals surface area contributed by atoms with Crippen LogP contribution in [0.25, 0.3) is 11.4 Å². The molecule has 0 saturated heterocycles. The molecule has 122 valence electrons. The molecular weight excluding hydrogens is 345 g/mol. The zero-order valence-corrected chi connectivity index (χ0v) is 12.6. The van der Waals surface area contributed by atoms with Gasteiger partial charge in [-0.1, -0.05) is 11.6 Å². The van der Waals surface area contributed by atoms with E-state index in [4.69, 9.17) is 16.3 Å². The summed E-state index contributed by atoms with van der Waals surface area (Å²) in [5.74, 6) is -0.373. The third-order valence-corrected chi connectivity index (χ3v) is 3.14. The number of aromatic nitrogens is 4. The first-order valence-corrected chi connectivity index (χ1v) is 6.96. The van der Waals surface area contributed by atoms with Gasteiger partial charge in [-0.05, 0) is 24.3 Å². The number of rotatable bonds is 3. The topological polar surface area (TPSA) is 60.8 Å². The predicted octanol–water partition coefficient (Wildman–Crippen LogP) is 4.40. The minimum Gasteiger partial charge on any atom is -0.436 e. The Hall–Kier alpha value is -2.74. The smallest absolute Gasteiger partial charge is 0.433 e. The van der Waals surface area contributed by atoms with Gasteiger partial charge >= 0.3 is 6.18 Å². The van der Waals surface area contributed by atoms with E-state index in [1.54, 1.807) is 12.1 Å². The monoisotopic (exact) mass is 352 g/mol. The average Bonchev–Trinajstić information content (AvgIpc) is 2.57. The van der Waals surface area contributed by atoms with E-state index in [1.165, 1.54) is 30.7 Å². The standard InChI is InChI=1S/C15H8ClF3N4O/c16-13-10(4-2-6-21-13)24-12-7-11(15(17,18)19)22-14(23-12)9-3-1-5-20-8-9/h1-8H. The fourth-order valence-electron chi connectivity index (χ4n) is 1.81. The summed E-state index contributed by atoms with van der Waals surface area (Å²) in [6.45, 7) is 0. The molecule has 24 heavy (non-hydrogen) atoms. The molecule has 0 spiro atoms. The summed E-state index contributed by atoms with van der Waals surface area (Å²) < 4.78 is 44.6. The Bertz CT molecular complexity index is 859. The van der Waals surface area contributed by atoms with Crippen molar-refractivity contribution >= 4 is 11.6 Å². The number of pyridine rings is 2. The SMILES string of the molecule is FC(F)(F)c1cc(Oc2cccnc2Cl)nc(-c2cccnc2)n1. The van der Waals surface area contributed by atoms with E-state index in [0.29, 0.717) is 11.6 Å². The Balaban J connectivity index is 2.07. The van der Waals surface area contributed by atoms with Gasteiger partial charge in [-0.15, -0.1) is 0 Å². The molecule has 0 aromatic carbocycles. The Morgan fingerprint density at radius 1 is 1.04 bits per heavy atom. The second-order valence-corrected chi connectivity index (χ2v) is 4.91. The number of nitrogens with zero attached hydrogens (tertiary/aromatic N) is 4. The average molecular weight is 353 g/mol. The van der Waals surface area contributed by atoms with Gasteiger partial charge in [0.15, 0.2) is 22.4 Å². The van der Waals surface area contributed by atoms with Crippen LogP contribution in [0.2, 0.25) is 5.15 Å². The molecule has 0 aliphatic carbocycles. The summed E-state index contributed by atoms with van der Waals surface area (Å²) in [6.07, 6.45) is -0.381. The van der Waals surface area contributed by atoms with Crippen LogP contribution in [0.3, 0.4) is 0 Å². The van der Waals surface area contributed by atoms with Crippen LogP contribution in [0.4, 0.5) is 13.2 Å². The van der Waals surface area contributed by atoms with Crippen LogP contribution < -0.4 is 4.74 Å². The molecular formula is C15H8ClF3N4O. The van der Waals surface area contributed by atoms with Crippen molar-refractivity contribution in [3.8, 4) is 23.0 Å². The van der Waals surface area contributed by atoms with Crippen LogP contribution in [-0.4, -0.2) is 19.9 Å². The maximum Gasteiger partial charge on any atom is 0.433 e. The highest BCUT2D eigenvalue weighted by Crippen LogP contribution is 2.33. The summed E-state index contributed by atoms with van der Waals surface area (Å²) in [5, 5.41) is 0.00704. The largest absolute Gasteiger partial charge is 0.436 e. The van der Waals surface area contributed by atoms with E-state index in [2.05, 4.69) is 19.9 Å². The van der Waals surface area contributed by atoms with Crippen LogP contribution in [0.1, 0.15) is 5.69 Å². The Morgan fingerprint density at radius 2 is 1.83 bits per heavy atom. The van der Waals surface area contributed by atoms with Crippen LogP contribution in [0, 0.1) is 0 Å². The molecule has 5 nitrogen and oxygen atoms in total. The molecule has 3 heterocycles. The summed E-state index contributed by atoms with van der Waals surface area (Å²) >= 11 is 5.85. The number of hydrogen-bond acceptors (Lipinski definition) is 5.